The molecule has 0 N–H and O–H groups in total. The van der Waals surface area contributed by atoms with Crippen LogP contribution in [0.4, 0.5) is 0 Å². The molecule has 5 heteroatoms. The van der Waals surface area contributed by atoms with E-state index in [0.29, 0.717) is 0 Å². The quantitative estimate of drug-likeness (QED) is 0.754. The summed E-state index contributed by atoms with van der Waals surface area (Å²) < 4.78 is 7.01. The molecule has 0 aromatic heterocycles. The number of hydrogen-bond acceptors (Lipinski definition) is 3. The summed E-state index contributed by atoms with van der Waals surface area (Å²) in [5, 5.41) is 0. The fourth-order valence-electron chi connectivity index (χ4n) is 3.23. The maximum Gasteiger partial charge on any atom is 0.127 e. The monoisotopic (exact) mass is 372 g/mol. The highest BCUT2D eigenvalue weighted by molar-refractivity contribution is 9.10. The molecule has 2 aliphatic rings. The standard InChI is InChI=1S/C16H22BrClN2O/c17-15-10-13-2-9-21-16(13)14(11-15)12-20-5-1-4-19(6-3-18)7-8-20/h10-11H,1-9,12H2. The van der Waals surface area contributed by atoms with Gasteiger partial charge in [-0.1, -0.05) is 15.9 Å². The first-order valence-electron chi connectivity index (χ1n) is 7.71. The van der Waals surface area contributed by atoms with Gasteiger partial charge >= 0.3 is 0 Å². The molecule has 1 aromatic rings. The maximum atomic E-state index is 5.86. The SMILES string of the molecule is ClCCN1CCCN(Cc2cc(Br)cc3c2OCC3)CC1. The molecule has 2 aliphatic heterocycles. The Labute approximate surface area is 140 Å². The van der Waals surface area contributed by atoms with Crippen molar-refractivity contribution in [2.45, 2.75) is 19.4 Å². The van der Waals surface area contributed by atoms with Crippen LogP contribution in [0.5, 0.6) is 5.75 Å². The zero-order chi connectivity index (χ0) is 14.7. The molecule has 1 saturated heterocycles. The summed E-state index contributed by atoms with van der Waals surface area (Å²) in [5.74, 6) is 1.85. The normalized spacial score (nSPS) is 20.1. The molecule has 2 heterocycles. The van der Waals surface area contributed by atoms with Crippen LogP contribution in [0, 0.1) is 0 Å². The fraction of sp³-hybridized carbons (Fsp3) is 0.625. The van der Waals surface area contributed by atoms with Crippen LogP contribution < -0.4 is 4.74 Å². The van der Waals surface area contributed by atoms with Crippen LogP contribution in [-0.4, -0.2) is 55.0 Å². The fourth-order valence-corrected chi connectivity index (χ4v) is 4.02. The Balaban J connectivity index is 1.67. The van der Waals surface area contributed by atoms with Crippen LogP contribution in [0.1, 0.15) is 17.5 Å². The lowest BCUT2D eigenvalue weighted by molar-refractivity contribution is 0.254. The third-order valence-corrected chi connectivity index (χ3v) is 4.93. The molecule has 1 fully saturated rings. The third kappa shape index (κ3) is 3.92. The Hall–Kier alpha value is -0.290. The van der Waals surface area contributed by atoms with Crippen molar-refractivity contribution in [1.82, 2.24) is 9.80 Å². The third-order valence-electron chi connectivity index (χ3n) is 4.30. The number of rotatable bonds is 4. The highest BCUT2D eigenvalue weighted by atomic mass is 79.9. The van der Waals surface area contributed by atoms with Crippen molar-refractivity contribution in [2.24, 2.45) is 0 Å². The first-order chi connectivity index (χ1) is 10.3. The van der Waals surface area contributed by atoms with E-state index in [0.717, 1.165) is 63.9 Å². The van der Waals surface area contributed by atoms with E-state index >= 15 is 0 Å². The lowest BCUT2D eigenvalue weighted by Crippen LogP contribution is -2.31. The van der Waals surface area contributed by atoms with Gasteiger partial charge in [-0.3, -0.25) is 4.90 Å². The number of fused-ring (bicyclic) bond motifs is 1. The van der Waals surface area contributed by atoms with Gasteiger partial charge in [0.25, 0.3) is 0 Å². The molecule has 0 unspecified atom stereocenters. The lowest BCUT2D eigenvalue weighted by atomic mass is 10.1. The largest absolute Gasteiger partial charge is 0.493 e. The van der Waals surface area contributed by atoms with Crippen LogP contribution in [0.3, 0.4) is 0 Å². The van der Waals surface area contributed by atoms with E-state index in [1.165, 1.54) is 22.0 Å². The number of hydrogen-bond donors (Lipinski definition) is 0. The second-order valence-corrected chi connectivity index (χ2v) is 7.11. The highest BCUT2D eigenvalue weighted by Crippen LogP contribution is 2.33. The van der Waals surface area contributed by atoms with E-state index in [-0.39, 0.29) is 0 Å². The van der Waals surface area contributed by atoms with Crippen molar-refractivity contribution in [1.29, 1.82) is 0 Å². The summed E-state index contributed by atoms with van der Waals surface area (Å²) in [6.07, 6.45) is 2.25. The molecule has 0 amide bonds. The smallest absolute Gasteiger partial charge is 0.127 e. The molecule has 0 radical (unpaired) electrons. The maximum absolute atomic E-state index is 5.86. The first-order valence-corrected chi connectivity index (χ1v) is 9.04. The topological polar surface area (TPSA) is 15.7 Å². The van der Waals surface area contributed by atoms with E-state index in [1.54, 1.807) is 0 Å². The summed E-state index contributed by atoms with van der Waals surface area (Å²) in [4.78, 5) is 5.01. The van der Waals surface area contributed by atoms with Crippen LogP contribution in [-0.2, 0) is 13.0 Å². The average Bonchev–Trinajstić information content (AvgIpc) is 2.81. The molecule has 3 nitrogen and oxygen atoms in total. The highest BCUT2D eigenvalue weighted by Gasteiger charge is 2.20. The first kappa shape index (κ1) is 15.6. The van der Waals surface area contributed by atoms with Gasteiger partial charge in [0.2, 0.25) is 0 Å². The second-order valence-electron chi connectivity index (χ2n) is 5.81. The van der Waals surface area contributed by atoms with Crippen molar-refractivity contribution in [2.75, 3.05) is 45.2 Å². The number of nitrogens with zero attached hydrogens (tertiary/aromatic N) is 2. The van der Waals surface area contributed by atoms with Crippen molar-refractivity contribution < 1.29 is 4.74 Å². The zero-order valence-corrected chi connectivity index (χ0v) is 14.6. The van der Waals surface area contributed by atoms with E-state index < -0.39 is 0 Å². The van der Waals surface area contributed by atoms with Crippen molar-refractivity contribution in [3.8, 4) is 5.75 Å². The van der Waals surface area contributed by atoms with Crippen LogP contribution in [0.25, 0.3) is 0 Å². The van der Waals surface area contributed by atoms with Gasteiger partial charge in [0.15, 0.2) is 0 Å². The second kappa shape index (κ2) is 7.32. The van der Waals surface area contributed by atoms with Gasteiger partial charge in [-0.05, 0) is 37.2 Å². The molecule has 0 atom stereocenters. The van der Waals surface area contributed by atoms with Crippen LogP contribution >= 0.6 is 27.5 Å². The van der Waals surface area contributed by atoms with E-state index in [4.69, 9.17) is 16.3 Å². The number of ether oxygens (including phenoxy) is 1. The Morgan fingerprint density at radius 2 is 1.95 bits per heavy atom. The van der Waals surface area contributed by atoms with Crippen molar-refractivity contribution in [3.63, 3.8) is 0 Å². The van der Waals surface area contributed by atoms with Crippen LogP contribution in [0.2, 0.25) is 0 Å². The van der Waals surface area contributed by atoms with Crippen LogP contribution in [0.15, 0.2) is 16.6 Å². The summed E-state index contributed by atoms with van der Waals surface area (Å²) in [7, 11) is 0. The molecule has 0 saturated carbocycles. The minimum Gasteiger partial charge on any atom is -0.493 e. The van der Waals surface area contributed by atoms with E-state index in [1.807, 2.05) is 0 Å². The van der Waals surface area contributed by atoms with Gasteiger partial charge in [0.05, 0.1) is 6.61 Å². The number of halogens is 2. The molecule has 0 aliphatic carbocycles. The molecular formula is C16H22BrClN2O. The number of alkyl halides is 1. The predicted molar refractivity (Wildman–Crippen MR) is 90.4 cm³/mol. The minimum absolute atomic E-state index is 0.729. The Kier molecular flexibility index (Phi) is 5.43. The summed E-state index contributed by atoms with van der Waals surface area (Å²) >= 11 is 9.49. The van der Waals surface area contributed by atoms with Crippen molar-refractivity contribution in [3.05, 3.63) is 27.7 Å². The molecule has 1 aromatic carbocycles. The Morgan fingerprint density at radius 1 is 1.14 bits per heavy atom. The van der Waals surface area contributed by atoms with Gasteiger partial charge in [0, 0.05) is 48.5 Å². The van der Waals surface area contributed by atoms with Gasteiger partial charge < -0.3 is 9.64 Å². The number of benzene rings is 1. The van der Waals surface area contributed by atoms with Crippen molar-refractivity contribution >= 4 is 27.5 Å². The predicted octanol–water partition coefficient (Wildman–Crippen LogP) is 3.13. The molecule has 0 bridgehead atoms. The van der Waals surface area contributed by atoms with E-state index in [9.17, 15) is 0 Å². The minimum atomic E-state index is 0.729. The summed E-state index contributed by atoms with van der Waals surface area (Å²) in [6, 6.07) is 4.40. The zero-order valence-electron chi connectivity index (χ0n) is 12.3. The summed E-state index contributed by atoms with van der Waals surface area (Å²) in [6.45, 7) is 7.35. The Morgan fingerprint density at radius 3 is 2.81 bits per heavy atom. The molecule has 3 rings (SSSR count). The molecular weight excluding hydrogens is 352 g/mol. The van der Waals surface area contributed by atoms with E-state index in [2.05, 4.69) is 37.9 Å². The van der Waals surface area contributed by atoms with Gasteiger partial charge in [0.1, 0.15) is 5.75 Å². The lowest BCUT2D eigenvalue weighted by Gasteiger charge is -2.22. The van der Waals surface area contributed by atoms with Gasteiger partial charge in [-0.15, -0.1) is 11.6 Å². The summed E-state index contributed by atoms with van der Waals surface area (Å²) in [5.41, 5.74) is 2.67. The average molecular weight is 374 g/mol. The van der Waals surface area contributed by atoms with Gasteiger partial charge in [-0.2, -0.15) is 0 Å². The molecule has 0 spiro atoms. The molecule has 116 valence electrons. The van der Waals surface area contributed by atoms with Gasteiger partial charge in [-0.25, -0.2) is 0 Å². The molecule has 21 heavy (non-hydrogen) atoms. The Bertz CT molecular complexity index is 497.